The quantitative estimate of drug-likeness (QED) is 0.743. The van der Waals surface area contributed by atoms with Crippen LogP contribution in [0.2, 0.25) is 0 Å². The number of hydrogen-bond acceptors (Lipinski definition) is 3. The third kappa shape index (κ3) is 2.45. The van der Waals surface area contributed by atoms with E-state index < -0.39 is 5.54 Å². The molecule has 2 fully saturated rings. The van der Waals surface area contributed by atoms with Crippen molar-refractivity contribution in [1.29, 1.82) is 0 Å². The predicted molar refractivity (Wildman–Crippen MR) is 87.9 cm³/mol. The zero-order valence-corrected chi connectivity index (χ0v) is 13.0. The number of aromatic amines is 1. The number of rotatable bonds is 2. The van der Waals surface area contributed by atoms with Crippen molar-refractivity contribution in [2.75, 3.05) is 0 Å². The molecule has 2 aliphatic rings. The number of imide groups is 1. The highest BCUT2D eigenvalue weighted by molar-refractivity contribution is 6.05. The fourth-order valence-electron chi connectivity index (χ4n) is 3.97. The van der Waals surface area contributed by atoms with Crippen LogP contribution in [-0.2, 0) is 16.0 Å². The van der Waals surface area contributed by atoms with Gasteiger partial charge in [0.05, 0.1) is 11.6 Å². The number of para-hydroxylation sites is 1. The van der Waals surface area contributed by atoms with E-state index in [4.69, 9.17) is 0 Å². The molecule has 2 aromatic rings. The molecule has 1 saturated heterocycles. The summed E-state index contributed by atoms with van der Waals surface area (Å²) in [6.07, 6.45) is 7.42. The van der Waals surface area contributed by atoms with Gasteiger partial charge in [0.15, 0.2) is 0 Å². The number of carbonyl (C=O) groups is 2. The molecule has 4 rings (SSSR count). The first-order chi connectivity index (χ1) is 11.2. The third-order valence-corrected chi connectivity index (χ3v) is 5.24. The minimum Gasteiger partial charge on any atom is -0.361 e. The van der Waals surface area contributed by atoms with Gasteiger partial charge in [-0.1, -0.05) is 37.5 Å². The third-order valence-electron chi connectivity index (χ3n) is 5.24. The van der Waals surface area contributed by atoms with Crippen LogP contribution in [0, 0.1) is 0 Å². The van der Waals surface area contributed by atoms with Crippen LogP contribution >= 0.6 is 0 Å². The summed E-state index contributed by atoms with van der Waals surface area (Å²) in [6.45, 7) is 0. The molecule has 1 aliphatic carbocycles. The lowest BCUT2D eigenvalue weighted by molar-refractivity contribution is -0.142. The maximum Gasteiger partial charge on any atom is 0.246 e. The molecule has 0 unspecified atom stereocenters. The molecular formula is C18H21N3O2. The van der Waals surface area contributed by atoms with Crippen LogP contribution in [0.5, 0.6) is 0 Å². The summed E-state index contributed by atoms with van der Waals surface area (Å²) in [5.41, 5.74) is 1.62. The van der Waals surface area contributed by atoms with Gasteiger partial charge in [-0.05, 0) is 30.9 Å². The SMILES string of the molecule is O=C1NC(=O)C2(CCCCC2)N[C@H]1Cc1c[nH]c2ccccc12. The smallest absolute Gasteiger partial charge is 0.246 e. The van der Waals surface area contributed by atoms with E-state index in [1.54, 1.807) is 0 Å². The molecule has 1 spiro atoms. The molecule has 2 amide bonds. The van der Waals surface area contributed by atoms with Gasteiger partial charge < -0.3 is 4.98 Å². The Hall–Kier alpha value is -2.14. The molecular weight excluding hydrogens is 290 g/mol. The highest BCUT2D eigenvalue weighted by Crippen LogP contribution is 2.31. The first-order valence-corrected chi connectivity index (χ1v) is 8.36. The highest BCUT2D eigenvalue weighted by atomic mass is 16.2. The molecule has 3 N–H and O–H groups in total. The Labute approximate surface area is 134 Å². The van der Waals surface area contributed by atoms with E-state index in [0.717, 1.165) is 48.6 Å². The molecule has 5 nitrogen and oxygen atoms in total. The van der Waals surface area contributed by atoms with Crippen molar-refractivity contribution >= 4 is 22.7 Å². The van der Waals surface area contributed by atoms with Gasteiger partial charge in [0.1, 0.15) is 0 Å². The molecule has 1 aromatic heterocycles. The highest BCUT2D eigenvalue weighted by Gasteiger charge is 2.46. The predicted octanol–water partition coefficient (Wildman–Crippen LogP) is 2.03. The average molecular weight is 311 g/mol. The van der Waals surface area contributed by atoms with Crippen LogP contribution < -0.4 is 10.6 Å². The number of amides is 2. The lowest BCUT2D eigenvalue weighted by Crippen LogP contribution is -2.70. The van der Waals surface area contributed by atoms with E-state index in [1.165, 1.54) is 0 Å². The summed E-state index contributed by atoms with van der Waals surface area (Å²) < 4.78 is 0. The molecule has 120 valence electrons. The van der Waals surface area contributed by atoms with E-state index in [1.807, 2.05) is 24.4 Å². The van der Waals surface area contributed by atoms with Crippen molar-refractivity contribution < 1.29 is 9.59 Å². The number of fused-ring (bicyclic) bond motifs is 1. The van der Waals surface area contributed by atoms with Gasteiger partial charge in [-0.15, -0.1) is 0 Å². The molecule has 1 aliphatic heterocycles. The Bertz CT molecular complexity index is 758. The van der Waals surface area contributed by atoms with Crippen molar-refractivity contribution in [2.45, 2.75) is 50.1 Å². The number of nitrogens with one attached hydrogen (secondary N) is 3. The van der Waals surface area contributed by atoms with Gasteiger partial charge in [-0.2, -0.15) is 0 Å². The number of benzene rings is 1. The van der Waals surface area contributed by atoms with E-state index in [0.29, 0.717) is 6.42 Å². The van der Waals surface area contributed by atoms with E-state index >= 15 is 0 Å². The molecule has 1 atom stereocenters. The maximum absolute atomic E-state index is 12.3. The van der Waals surface area contributed by atoms with Crippen LogP contribution in [0.4, 0.5) is 0 Å². The fraction of sp³-hybridized carbons (Fsp3) is 0.444. The van der Waals surface area contributed by atoms with E-state index in [-0.39, 0.29) is 17.9 Å². The van der Waals surface area contributed by atoms with Crippen LogP contribution in [0.15, 0.2) is 30.5 Å². The maximum atomic E-state index is 12.3. The first kappa shape index (κ1) is 14.5. The molecule has 2 heterocycles. The largest absolute Gasteiger partial charge is 0.361 e. The van der Waals surface area contributed by atoms with Crippen molar-refractivity contribution in [3.63, 3.8) is 0 Å². The molecule has 23 heavy (non-hydrogen) atoms. The Morgan fingerprint density at radius 2 is 1.87 bits per heavy atom. The summed E-state index contributed by atoms with van der Waals surface area (Å²) in [6, 6.07) is 7.72. The van der Waals surface area contributed by atoms with Crippen molar-refractivity contribution in [2.24, 2.45) is 0 Å². The Kier molecular flexibility index (Phi) is 3.45. The molecule has 0 radical (unpaired) electrons. The van der Waals surface area contributed by atoms with Crippen molar-refractivity contribution in [3.8, 4) is 0 Å². The second-order valence-corrected chi connectivity index (χ2v) is 6.72. The summed E-state index contributed by atoms with van der Waals surface area (Å²) in [7, 11) is 0. The fourth-order valence-corrected chi connectivity index (χ4v) is 3.97. The number of H-pyrrole nitrogens is 1. The molecule has 1 aromatic carbocycles. The van der Waals surface area contributed by atoms with Crippen LogP contribution in [0.25, 0.3) is 10.9 Å². The normalized spacial score (nSPS) is 24.1. The van der Waals surface area contributed by atoms with Crippen LogP contribution in [0.1, 0.15) is 37.7 Å². The number of piperazine rings is 1. The van der Waals surface area contributed by atoms with Crippen LogP contribution in [0.3, 0.4) is 0 Å². The lowest BCUT2D eigenvalue weighted by atomic mass is 9.78. The molecule has 5 heteroatoms. The minimum atomic E-state index is -0.553. The Morgan fingerprint density at radius 3 is 2.70 bits per heavy atom. The number of carbonyl (C=O) groups excluding carboxylic acids is 2. The lowest BCUT2D eigenvalue weighted by Gasteiger charge is -2.42. The Morgan fingerprint density at radius 1 is 1.09 bits per heavy atom. The summed E-state index contributed by atoms with van der Waals surface area (Å²) in [4.78, 5) is 27.9. The average Bonchev–Trinajstić information content (AvgIpc) is 2.97. The number of aromatic nitrogens is 1. The van der Waals surface area contributed by atoms with E-state index in [9.17, 15) is 9.59 Å². The first-order valence-electron chi connectivity index (χ1n) is 8.36. The monoisotopic (exact) mass is 311 g/mol. The van der Waals surface area contributed by atoms with Gasteiger partial charge in [0.25, 0.3) is 0 Å². The van der Waals surface area contributed by atoms with Gasteiger partial charge in [-0.3, -0.25) is 20.2 Å². The van der Waals surface area contributed by atoms with Gasteiger partial charge in [0, 0.05) is 17.1 Å². The number of hydrogen-bond donors (Lipinski definition) is 3. The minimum absolute atomic E-state index is 0.141. The van der Waals surface area contributed by atoms with Crippen molar-refractivity contribution in [3.05, 3.63) is 36.0 Å². The molecule has 0 bridgehead atoms. The second kappa shape index (κ2) is 5.49. The standard InChI is InChI=1S/C18H21N3O2/c22-16-15(10-12-11-19-14-7-3-2-6-13(12)14)21-18(17(23)20-16)8-4-1-5-9-18/h2-3,6-7,11,15,19,21H,1,4-5,8-10H2,(H,20,22,23)/t15-/m0/s1. The van der Waals surface area contributed by atoms with Gasteiger partial charge >= 0.3 is 0 Å². The zero-order valence-electron chi connectivity index (χ0n) is 13.0. The summed E-state index contributed by atoms with van der Waals surface area (Å²) >= 11 is 0. The van der Waals surface area contributed by atoms with Crippen LogP contribution in [-0.4, -0.2) is 28.4 Å². The summed E-state index contributed by atoms with van der Waals surface area (Å²) in [5, 5.41) is 7.13. The van der Waals surface area contributed by atoms with E-state index in [2.05, 4.69) is 21.7 Å². The van der Waals surface area contributed by atoms with Gasteiger partial charge in [0.2, 0.25) is 11.8 Å². The zero-order chi connectivity index (χ0) is 15.9. The van der Waals surface area contributed by atoms with Crippen molar-refractivity contribution in [1.82, 2.24) is 15.6 Å². The summed E-state index contributed by atoms with van der Waals surface area (Å²) in [5.74, 6) is -0.353. The Balaban J connectivity index is 1.60. The topological polar surface area (TPSA) is 74.0 Å². The van der Waals surface area contributed by atoms with Gasteiger partial charge in [-0.25, -0.2) is 0 Å². The molecule has 1 saturated carbocycles. The second-order valence-electron chi connectivity index (χ2n) is 6.72.